The van der Waals surface area contributed by atoms with Crippen molar-refractivity contribution in [3.05, 3.63) is 11.9 Å². The molecule has 1 aromatic rings. The number of nitrogens with zero attached hydrogens (tertiary/aromatic N) is 3. The van der Waals surface area contributed by atoms with Gasteiger partial charge in [-0.1, -0.05) is 12.1 Å². The lowest BCUT2D eigenvalue weighted by molar-refractivity contribution is 0.0447. The van der Waals surface area contributed by atoms with Crippen LogP contribution < -0.4 is 5.32 Å². The fraction of sp³-hybridized carbons (Fsp3) is 0.846. The van der Waals surface area contributed by atoms with E-state index in [0.717, 1.165) is 31.8 Å². The van der Waals surface area contributed by atoms with Crippen molar-refractivity contribution in [3.8, 4) is 0 Å². The molecule has 0 radical (unpaired) electrons. The van der Waals surface area contributed by atoms with Crippen molar-refractivity contribution in [2.45, 2.75) is 19.9 Å². The van der Waals surface area contributed by atoms with Crippen LogP contribution >= 0.6 is 12.0 Å². The molecule has 1 heterocycles. The first kappa shape index (κ1) is 18.4. The van der Waals surface area contributed by atoms with E-state index in [-0.39, 0.29) is 0 Å². The van der Waals surface area contributed by atoms with Crippen LogP contribution in [-0.2, 0) is 26.6 Å². The molecular formula is C13H26N4O3S. The Morgan fingerprint density at radius 3 is 2.76 bits per heavy atom. The Kier molecular flexibility index (Phi) is 11.4. The average Bonchev–Trinajstić information content (AvgIpc) is 2.93. The summed E-state index contributed by atoms with van der Waals surface area (Å²) in [6.07, 6.45) is 4.48. The molecule has 1 rings (SSSR count). The Bertz CT molecular complexity index is 352. The Morgan fingerprint density at radius 1 is 1.19 bits per heavy atom. The van der Waals surface area contributed by atoms with Crippen LogP contribution in [0, 0.1) is 0 Å². The topological polar surface area (TPSA) is 70.4 Å². The van der Waals surface area contributed by atoms with E-state index in [2.05, 4.69) is 22.6 Å². The second-order valence-electron chi connectivity index (χ2n) is 4.27. The monoisotopic (exact) mass is 318 g/mol. The van der Waals surface area contributed by atoms with Gasteiger partial charge in [-0.05, 0) is 18.6 Å². The Labute approximate surface area is 130 Å². The lowest BCUT2D eigenvalue weighted by atomic mass is 10.3. The van der Waals surface area contributed by atoms with E-state index >= 15 is 0 Å². The summed E-state index contributed by atoms with van der Waals surface area (Å²) >= 11 is 1.37. The van der Waals surface area contributed by atoms with E-state index < -0.39 is 0 Å². The first-order valence-electron chi connectivity index (χ1n) is 7.27. The Balaban J connectivity index is 2.01. The van der Waals surface area contributed by atoms with Crippen LogP contribution in [0.3, 0.4) is 0 Å². The fourth-order valence-corrected chi connectivity index (χ4v) is 1.93. The molecule has 8 heteroatoms. The zero-order valence-corrected chi connectivity index (χ0v) is 13.7. The van der Waals surface area contributed by atoms with Crippen LogP contribution in [0.1, 0.15) is 12.6 Å². The third-order valence-electron chi connectivity index (χ3n) is 2.75. The standard InChI is InChI=1S/C13H26N4O3S/c1-3-14-5-8-18-10-11-19-9-6-17-13(12-15-16-17)4-7-20-21-2/h12,14H,3-11H2,1-2H3. The molecule has 0 aliphatic carbocycles. The van der Waals surface area contributed by atoms with Crippen LogP contribution in [0.25, 0.3) is 0 Å². The van der Waals surface area contributed by atoms with Gasteiger partial charge in [0.05, 0.1) is 51.5 Å². The molecule has 0 amide bonds. The number of likely N-dealkylation sites (N-methyl/N-ethyl adjacent to an activating group) is 1. The lowest BCUT2D eigenvalue weighted by Crippen LogP contribution is -2.20. The van der Waals surface area contributed by atoms with Crippen molar-refractivity contribution in [2.75, 3.05) is 52.4 Å². The minimum absolute atomic E-state index is 0.603. The van der Waals surface area contributed by atoms with Gasteiger partial charge in [-0.3, -0.25) is 0 Å². The highest BCUT2D eigenvalue weighted by atomic mass is 32.2. The number of nitrogens with one attached hydrogen (secondary N) is 1. The molecule has 0 fully saturated rings. The minimum Gasteiger partial charge on any atom is -0.378 e. The maximum Gasteiger partial charge on any atom is 0.0726 e. The van der Waals surface area contributed by atoms with Crippen LogP contribution in [0.5, 0.6) is 0 Å². The number of hydrogen-bond acceptors (Lipinski definition) is 7. The molecule has 122 valence electrons. The van der Waals surface area contributed by atoms with Crippen molar-refractivity contribution >= 4 is 12.0 Å². The molecule has 0 aromatic carbocycles. The number of aromatic nitrogens is 3. The molecule has 0 unspecified atom stereocenters. The van der Waals surface area contributed by atoms with Crippen LogP contribution in [0.2, 0.25) is 0 Å². The van der Waals surface area contributed by atoms with Crippen molar-refractivity contribution < 1.29 is 13.7 Å². The van der Waals surface area contributed by atoms with Gasteiger partial charge >= 0.3 is 0 Å². The third-order valence-corrected chi connectivity index (χ3v) is 3.15. The van der Waals surface area contributed by atoms with Gasteiger partial charge in [0.15, 0.2) is 0 Å². The van der Waals surface area contributed by atoms with Crippen LogP contribution in [0.4, 0.5) is 0 Å². The number of hydrogen-bond donors (Lipinski definition) is 1. The summed E-state index contributed by atoms with van der Waals surface area (Å²) in [5, 5.41) is 11.2. The van der Waals surface area contributed by atoms with Gasteiger partial charge in [0.25, 0.3) is 0 Å². The molecule has 0 aliphatic heterocycles. The quantitative estimate of drug-likeness (QED) is 0.401. The second-order valence-corrected chi connectivity index (χ2v) is 4.83. The normalized spacial score (nSPS) is 11.1. The highest BCUT2D eigenvalue weighted by molar-refractivity contribution is 7.93. The molecule has 0 saturated heterocycles. The van der Waals surface area contributed by atoms with Crippen molar-refractivity contribution in [2.24, 2.45) is 0 Å². The van der Waals surface area contributed by atoms with Gasteiger partial charge in [0.1, 0.15) is 0 Å². The smallest absolute Gasteiger partial charge is 0.0726 e. The largest absolute Gasteiger partial charge is 0.378 e. The maximum absolute atomic E-state index is 5.52. The Morgan fingerprint density at radius 2 is 2.00 bits per heavy atom. The summed E-state index contributed by atoms with van der Waals surface area (Å²) in [5.41, 5.74) is 1.06. The van der Waals surface area contributed by atoms with E-state index in [1.165, 1.54) is 12.0 Å². The maximum atomic E-state index is 5.52. The summed E-state index contributed by atoms with van der Waals surface area (Å²) in [6.45, 7) is 7.86. The zero-order valence-electron chi connectivity index (χ0n) is 12.9. The first-order chi connectivity index (χ1) is 10.4. The van der Waals surface area contributed by atoms with Crippen molar-refractivity contribution in [1.29, 1.82) is 0 Å². The minimum atomic E-state index is 0.603. The highest BCUT2D eigenvalue weighted by Gasteiger charge is 2.03. The average molecular weight is 318 g/mol. The zero-order chi connectivity index (χ0) is 15.2. The molecule has 1 N–H and O–H groups in total. The van der Waals surface area contributed by atoms with Gasteiger partial charge in [0.2, 0.25) is 0 Å². The molecule has 0 saturated carbocycles. The molecule has 0 bridgehead atoms. The second kappa shape index (κ2) is 13.0. The van der Waals surface area contributed by atoms with Gasteiger partial charge < -0.3 is 19.0 Å². The van der Waals surface area contributed by atoms with Gasteiger partial charge in [-0.15, -0.1) is 5.10 Å². The van der Waals surface area contributed by atoms with Crippen LogP contribution in [0.15, 0.2) is 6.20 Å². The first-order valence-corrected chi connectivity index (χ1v) is 8.42. The van der Waals surface area contributed by atoms with Gasteiger partial charge in [-0.25, -0.2) is 4.68 Å². The van der Waals surface area contributed by atoms with Gasteiger partial charge in [0, 0.05) is 19.2 Å². The Hall–Kier alpha value is -0.670. The molecule has 7 nitrogen and oxygen atoms in total. The van der Waals surface area contributed by atoms with E-state index in [0.29, 0.717) is 33.0 Å². The summed E-state index contributed by atoms with van der Waals surface area (Å²) in [4.78, 5) is 0. The lowest BCUT2D eigenvalue weighted by Gasteiger charge is -2.08. The molecule has 21 heavy (non-hydrogen) atoms. The molecule has 1 aromatic heterocycles. The predicted octanol–water partition coefficient (Wildman–Crippen LogP) is 0.758. The number of ether oxygens (including phenoxy) is 2. The molecule has 0 spiro atoms. The molecule has 0 aliphatic rings. The molecular weight excluding hydrogens is 292 g/mol. The van der Waals surface area contributed by atoms with E-state index in [1.54, 1.807) is 6.20 Å². The van der Waals surface area contributed by atoms with E-state index in [9.17, 15) is 0 Å². The summed E-state index contributed by atoms with van der Waals surface area (Å²) in [7, 11) is 0. The summed E-state index contributed by atoms with van der Waals surface area (Å²) in [5.74, 6) is 0. The van der Waals surface area contributed by atoms with Crippen molar-refractivity contribution in [3.63, 3.8) is 0 Å². The fourth-order valence-electron chi connectivity index (χ4n) is 1.68. The van der Waals surface area contributed by atoms with E-state index in [1.807, 2.05) is 10.9 Å². The van der Waals surface area contributed by atoms with Crippen molar-refractivity contribution in [1.82, 2.24) is 20.3 Å². The summed E-state index contributed by atoms with van der Waals surface area (Å²) < 4.78 is 18.1. The predicted molar refractivity (Wildman–Crippen MR) is 83.4 cm³/mol. The number of rotatable bonds is 14. The van der Waals surface area contributed by atoms with E-state index in [4.69, 9.17) is 13.7 Å². The third kappa shape index (κ3) is 9.05. The SMILES string of the molecule is CCNCCOCCOCCn1nncc1CCOSC. The molecule has 0 atom stereocenters. The van der Waals surface area contributed by atoms with Gasteiger partial charge in [-0.2, -0.15) is 0 Å². The highest BCUT2D eigenvalue weighted by Crippen LogP contribution is 2.02. The summed E-state index contributed by atoms with van der Waals surface area (Å²) in [6, 6.07) is 0. The van der Waals surface area contributed by atoms with Crippen LogP contribution in [-0.4, -0.2) is 67.4 Å².